The Bertz CT molecular complexity index is 3230. The van der Waals surface area contributed by atoms with E-state index in [4.69, 9.17) is 14.2 Å². The van der Waals surface area contributed by atoms with Crippen molar-refractivity contribution in [3.63, 3.8) is 0 Å². The van der Waals surface area contributed by atoms with Gasteiger partial charge >= 0.3 is 5.97 Å². The third-order valence-electron chi connectivity index (χ3n) is 15.6. The molecule has 78 heavy (non-hydrogen) atoms. The molecule has 15 heteroatoms. The summed E-state index contributed by atoms with van der Waals surface area (Å²) < 4.78 is 18.5. The van der Waals surface area contributed by atoms with Crippen LogP contribution in [0.4, 0.5) is 0 Å². The van der Waals surface area contributed by atoms with E-state index in [0.29, 0.717) is 103 Å². The molecule has 0 saturated carbocycles. The van der Waals surface area contributed by atoms with Crippen LogP contribution in [0, 0.1) is 5.92 Å². The molecule has 5 N–H and O–H groups in total. The first-order chi connectivity index (χ1) is 37.9. The summed E-state index contributed by atoms with van der Waals surface area (Å²) in [5.74, 6) is -0.271. The van der Waals surface area contributed by atoms with Gasteiger partial charge in [0.1, 0.15) is 18.1 Å². The number of pyridine rings is 1. The monoisotopic (exact) mass is 1050 g/mol. The van der Waals surface area contributed by atoms with E-state index in [9.17, 15) is 34.5 Å². The van der Waals surface area contributed by atoms with E-state index in [-0.39, 0.29) is 48.8 Å². The van der Waals surface area contributed by atoms with Crippen molar-refractivity contribution in [3.05, 3.63) is 213 Å². The van der Waals surface area contributed by atoms with Gasteiger partial charge in [0.25, 0.3) is 11.8 Å². The Kier molecular flexibility index (Phi) is 16.8. The zero-order chi connectivity index (χ0) is 54.1. The van der Waals surface area contributed by atoms with E-state index in [2.05, 4.69) is 39.5 Å². The SMILES string of the molecule is O=C(c1ccc(CCNC[C@H](O)c2ccc(O)c3[nH]c(=O)ccc23)cc1)N1CCC2(CC1)CN(C(=O)c1ccc(COc3cccc([C@](O)(C(=O)OCC4CCN(Cc5ccccc5)CC4)c4ccccc4)c3)cc1)CCO2. The molecule has 1 aromatic heterocycles. The minimum atomic E-state index is -2.06. The topological polar surface area (TPSA) is 194 Å². The number of hydrogen-bond acceptors (Lipinski definition) is 12. The second-order valence-electron chi connectivity index (χ2n) is 20.9. The number of benzene rings is 6. The number of aliphatic hydroxyl groups excluding tert-OH is 1. The van der Waals surface area contributed by atoms with Gasteiger partial charge in [-0.3, -0.25) is 19.3 Å². The largest absolute Gasteiger partial charge is 0.506 e. The number of hydrogen-bond donors (Lipinski definition) is 5. The Labute approximate surface area is 454 Å². The van der Waals surface area contributed by atoms with Gasteiger partial charge in [-0.2, -0.15) is 0 Å². The molecule has 0 unspecified atom stereocenters. The van der Waals surface area contributed by atoms with E-state index in [1.165, 1.54) is 17.7 Å². The van der Waals surface area contributed by atoms with Gasteiger partial charge in [-0.05, 0) is 134 Å². The van der Waals surface area contributed by atoms with Crippen LogP contribution in [0.3, 0.4) is 0 Å². The zero-order valence-corrected chi connectivity index (χ0v) is 43.7. The number of H-pyrrole nitrogens is 1. The van der Waals surface area contributed by atoms with Crippen molar-refractivity contribution >= 4 is 28.7 Å². The predicted octanol–water partition coefficient (Wildman–Crippen LogP) is 7.52. The van der Waals surface area contributed by atoms with Crippen LogP contribution < -0.4 is 15.6 Å². The summed E-state index contributed by atoms with van der Waals surface area (Å²) in [6, 6.07) is 47.2. The standard InChI is InChI=1S/C63H67N5O10/c69-55-24-22-53(54-23-25-57(71)65-58(54)55)56(70)39-64-31-26-44-14-18-48(19-15-44)59(72)67-34-29-62(30-35-67)43-68(36-37-78-62)60(73)49-20-16-46(17-21-49)41-76-52-13-7-12-51(38-52)63(75,50-10-5-2-6-11-50)61(74)77-42-47-27-32-66(33-28-47)40-45-8-3-1-4-9-45/h1-25,38,47,56,64,69-70,75H,26-37,39-43H2,(H,65,71)/t56-,63-/m0/s1. The number of phenols is 1. The number of aromatic hydroxyl groups is 1. The van der Waals surface area contributed by atoms with Gasteiger partial charge in [0.05, 0.1) is 37.0 Å². The van der Waals surface area contributed by atoms with E-state index in [1.54, 1.807) is 72.8 Å². The maximum atomic E-state index is 14.0. The highest BCUT2D eigenvalue weighted by molar-refractivity contribution is 5.95. The lowest BCUT2D eigenvalue weighted by Crippen LogP contribution is -2.58. The second kappa shape index (κ2) is 24.3. The molecule has 1 spiro atoms. The quantitative estimate of drug-likeness (QED) is 0.0420. The number of carbonyl (C=O) groups excluding carboxylic acids is 3. The number of aromatic amines is 1. The van der Waals surface area contributed by atoms with Crippen molar-refractivity contribution in [2.24, 2.45) is 5.92 Å². The van der Waals surface area contributed by atoms with Gasteiger partial charge in [0.15, 0.2) is 0 Å². The number of aromatic nitrogens is 1. The lowest BCUT2D eigenvalue weighted by molar-refractivity contribution is -0.164. The van der Waals surface area contributed by atoms with Gasteiger partial charge in [0, 0.05) is 60.9 Å². The van der Waals surface area contributed by atoms with Gasteiger partial charge in [-0.15, -0.1) is 0 Å². The molecular weight excluding hydrogens is 987 g/mol. The number of nitrogens with zero attached hydrogens (tertiary/aromatic N) is 3. The zero-order valence-electron chi connectivity index (χ0n) is 43.7. The van der Waals surface area contributed by atoms with E-state index in [1.807, 2.05) is 58.3 Å². The van der Waals surface area contributed by atoms with Crippen LogP contribution in [0.15, 0.2) is 163 Å². The van der Waals surface area contributed by atoms with Crippen LogP contribution in [0.2, 0.25) is 0 Å². The summed E-state index contributed by atoms with van der Waals surface area (Å²) >= 11 is 0. The summed E-state index contributed by atoms with van der Waals surface area (Å²) in [5, 5.41) is 37.2. The van der Waals surface area contributed by atoms with Crippen molar-refractivity contribution < 1.29 is 43.9 Å². The lowest BCUT2D eigenvalue weighted by atomic mass is 9.86. The molecule has 3 saturated heterocycles. The highest BCUT2D eigenvalue weighted by Gasteiger charge is 2.44. The maximum absolute atomic E-state index is 14.0. The van der Waals surface area contributed by atoms with Crippen LogP contribution in [0.5, 0.6) is 11.5 Å². The van der Waals surface area contributed by atoms with Gasteiger partial charge in [0.2, 0.25) is 11.2 Å². The molecule has 6 aromatic carbocycles. The lowest BCUT2D eigenvalue weighted by Gasteiger charge is -2.47. The van der Waals surface area contributed by atoms with E-state index < -0.39 is 23.3 Å². The number of ether oxygens (including phenoxy) is 3. The highest BCUT2D eigenvalue weighted by atomic mass is 16.6. The number of fused-ring (bicyclic) bond motifs is 1. The number of esters is 1. The molecule has 0 aliphatic carbocycles. The first-order valence-corrected chi connectivity index (χ1v) is 27.0. The third-order valence-corrected chi connectivity index (χ3v) is 15.6. The number of phenolic OH excluding ortho intramolecular Hbond substituents is 1. The van der Waals surface area contributed by atoms with Crippen LogP contribution in [-0.4, -0.2) is 124 Å². The smallest absolute Gasteiger partial charge is 0.347 e. The molecule has 7 aromatic rings. The Morgan fingerprint density at radius 3 is 2.12 bits per heavy atom. The molecule has 0 bridgehead atoms. The van der Waals surface area contributed by atoms with Crippen LogP contribution >= 0.6 is 0 Å². The maximum Gasteiger partial charge on any atom is 0.347 e. The molecule has 404 valence electrons. The average molecular weight is 1050 g/mol. The predicted molar refractivity (Wildman–Crippen MR) is 296 cm³/mol. The molecule has 2 atom stereocenters. The van der Waals surface area contributed by atoms with Crippen molar-refractivity contribution in [1.29, 1.82) is 0 Å². The summed E-state index contributed by atoms with van der Waals surface area (Å²) in [6.07, 6.45) is 2.82. The number of rotatable bonds is 18. The average Bonchev–Trinajstić information content (AvgIpc) is 3.51. The Morgan fingerprint density at radius 1 is 0.731 bits per heavy atom. The van der Waals surface area contributed by atoms with Crippen molar-refractivity contribution in [3.8, 4) is 11.5 Å². The normalized spacial score (nSPS) is 17.1. The molecule has 10 rings (SSSR count). The summed E-state index contributed by atoms with van der Waals surface area (Å²) in [5.41, 5.74) is 2.99. The Balaban J connectivity index is 0.676. The van der Waals surface area contributed by atoms with Crippen molar-refractivity contribution in [1.82, 2.24) is 25.0 Å². The van der Waals surface area contributed by atoms with E-state index >= 15 is 0 Å². The fourth-order valence-corrected chi connectivity index (χ4v) is 11.0. The molecule has 3 fully saturated rings. The number of amides is 2. The molecule has 2 amide bonds. The minimum absolute atomic E-state index is 0.0497. The van der Waals surface area contributed by atoms with Crippen LogP contribution in [-0.2, 0) is 39.4 Å². The van der Waals surface area contributed by atoms with Gasteiger partial charge in [-0.25, -0.2) is 4.79 Å². The van der Waals surface area contributed by atoms with Crippen LogP contribution in [0.25, 0.3) is 10.9 Å². The van der Waals surface area contributed by atoms with Gasteiger partial charge < -0.3 is 49.6 Å². The number of carbonyl (C=O) groups is 3. The Hall–Kier alpha value is -7.66. The molecule has 4 heterocycles. The first kappa shape index (κ1) is 53.7. The third kappa shape index (κ3) is 12.5. The van der Waals surface area contributed by atoms with Crippen LogP contribution in [0.1, 0.15) is 85.9 Å². The summed E-state index contributed by atoms with van der Waals surface area (Å²) in [4.78, 5) is 62.1. The number of morpholine rings is 1. The molecule has 0 radical (unpaired) electrons. The molecule has 3 aliphatic heterocycles. The number of aliphatic hydroxyl groups is 2. The fraction of sp³-hybridized carbons (Fsp3) is 0.333. The number of likely N-dealkylation sites (tertiary alicyclic amines) is 2. The fourth-order valence-electron chi connectivity index (χ4n) is 11.0. The van der Waals surface area contributed by atoms with Crippen molar-refractivity contribution in [2.45, 2.75) is 62.6 Å². The summed E-state index contributed by atoms with van der Waals surface area (Å²) in [7, 11) is 0. The molecule has 3 aliphatic rings. The Morgan fingerprint density at radius 2 is 1.40 bits per heavy atom. The number of nitrogens with one attached hydrogen (secondary N) is 2. The second-order valence-corrected chi connectivity index (χ2v) is 20.9. The molecule has 15 nitrogen and oxygen atoms in total. The van der Waals surface area contributed by atoms with Gasteiger partial charge in [-0.1, -0.05) is 103 Å². The molecular formula is C63H67N5O10. The minimum Gasteiger partial charge on any atom is -0.506 e. The highest BCUT2D eigenvalue weighted by Crippen LogP contribution is 2.35. The first-order valence-electron chi connectivity index (χ1n) is 27.0. The summed E-state index contributed by atoms with van der Waals surface area (Å²) in [6.45, 7) is 6.28. The van der Waals surface area contributed by atoms with Crippen molar-refractivity contribution in [2.75, 3.05) is 65.6 Å². The number of piperidine rings is 2. The van der Waals surface area contributed by atoms with E-state index in [0.717, 1.165) is 43.6 Å².